The van der Waals surface area contributed by atoms with E-state index in [1.54, 1.807) is 0 Å². The van der Waals surface area contributed by atoms with Crippen LogP contribution in [0.5, 0.6) is 0 Å². The summed E-state index contributed by atoms with van der Waals surface area (Å²) < 4.78 is 17.6. The summed E-state index contributed by atoms with van der Waals surface area (Å²) in [5.41, 5.74) is 0. The van der Waals surface area contributed by atoms with Crippen molar-refractivity contribution < 1.29 is 14.2 Å². The Morgan fingerprint density at radius 1 is 0.680 bits per heavy atom. The average molecular weight is 355 g/mol. The molecule has 148 valence electrons. The van der Waals surface area contributed by atoms with Crippen molar-refractivity contribution in [3.63, 3.8) is 0 Å². The minimum Gasteiger partial charge on any atom is -0.375 e. The van der Waals surface area contributed by atoms with Crippen LogP contribution in [-0.2, 0) is 14.2 Å². The molecular formula is C22H42O3. The largest absolute Gasteiger partial charge is 0.375 e. The Bertz CT molecular complexity index is 282. The van der Waals surface area contributed by atoms with Crippen molar-refractivity contribution in [2.45, 2.75) is 128 Å². The van der Waals surface area contributed by atoms with E-state index in [-0.39, 0.29) is 0 Å². The number of ether oxygens (including phenoxy) is 3. The summed E-state index contributed by atoms with van der Waals surface area (Å²) in [7, 11) is 0. The minimum absolute atomic E-state index is 0.397. The van der Waals surface area contributed by atoms with Gasteiger partial charge in [0.1, 0.15) is 0 Å². The standard InChI is InChI=1S/C22H42O3/c1-3-5-7-9-11-13-19(15-21-17-23-21)25-20(16-22-18-24-22)14-12-10-8-6-4-2/h19-22H,3-18H2,1-2H3. The van der Waals surface area contributed by atoms with Gasteiger partial charge in [-0.2, -0.15) is 0 Å². The van der Waals surface area contributed by atoms with E-state index in [1.807, 2.05) is 0 Å². The number of epoxide rings is 2. The molecule has 0 radical (unpaired) electrons. The van der Waals surface area contributed by atoms with Crippen molar-refractivity contribution in [2.75, 3.05) is 13.2 Å². The second kappa shape index (κ2) is 13.1. The second-order valence-corrected chi connectivity index (χ2v) is 8.17. The number of hydrogen-bond acceptors (Lipinski definition) is 3. The lowest BCUT2D eigenvalue weighted by Gasteiger charge is -2.25. The molecule has 0 aliphatic carbocycles. The van der Waals surface area contributed by atoms with E-state index in [9.17, 15) is 0 Å². The summed E-state index contributed by atoms with van der Waals surface area (Å²) in [5.74, 6) is 0. The molecule has 0 bridgehead atoms. The molecule has 2 aliphatic rings. The Morgan fingerprint density at radius 3 is 1.44 bits per heavy atom. The molecule has 0 aromatic rings. The van der Waals surface area contributed by atoms with E-state index >= 15 is 0 Å². The number of rotatable bonds is 18. The zero-order valence-electron chi connectivity index (χ0n) is 16.8. The lowest BCUT2D eigenvalue weighted by Crippen LogP contribution is -2.25. The molecule has 3 nitrogen and oxygen atoms in total. The van der Waals surface area contributed by atoms with Crippen LogP contribution in [0, 0.1) is 0 Å². The third-order valence-corrected chi connectivity index (χ3v) is 5.50. The Labute approximate surface area is 156 Å². The highest BCUT2D eigenvalue weighted by Crippen LogP contribution is 2.27. The van der Waals surface area contributed by atoms with Gasteiger partial charge < -0.3 is 14.2 Å². The first-order valence-electron chi connectivity index (χ1n) is 11.2. The van der Waals surface area contributed by atoms with Crippen LogP contribution < -0.4 is 0 Å². The molecule has 2 saturated heterocycles. The van der Waals surface area contributed by atoms with Crippen molar-refractivity contribution in [3.05, 3.63) is 0 Å². The van der Waals surface area contributed by atoms with Crippen LogP contribution in [0.2, 0.25) is 0 Å². The molecule has 0 spiro atoms. The maximum Gasteiger partial charge on any atom is 0.0834 e. The fraction of sp³-hybridized carbons (Fsp3) is 1.00. The van der Waals surface area contributed by atoms with Crippen molar-refractivity contribution in [3.8, 4) is 0 Å². The van der Waals surface area contributed by atoms with Gasteiger partial charge in [-0.1, -0.05) is 78.1 Å². The van der Waals surface area contributed by atoms with Gasteiger partial charge in [-0.25, -0.2) is 0 Å². The zero-order chi connectivity index (χ0) is 17.7. The summed E-state index contributed by atoms with van der Waals surface area (Å²) in [5, 5.41) is 0. The average Bonchev–Trinajstić information content (AvgIpc) is 3.50. The van der Waals surface area contributed by atoms with Crippen molar-refractivity contribution in [1.82, 2.24) is 0 Å². The second-order valence-electron chi connectivity index (χ2n) is 8.17. The molecule has 3 heteroatoms. The van der Waals surface area contributed by atoms with Gasteiger partial charge in [-0.15, -0.1) is 0 Å². The van der Waals surface area contributed by atoms with Crippen LogP contribution in [0.1, 0.15) is 104 Å². The van der Waals surface area contributed by atoms with Crippen molar-refractivity contribution in [1.29, 1.82) is 0 Å². The Balaban J connectivity index is 1.68. The van der Waals surface area contributed by atoms with Gasteiger partial charge in [0, 0.05) is 12.8 Å². The monoisotopic (exact) mass is 354 g/mol. The molecule has 0 saturated carbocycles. The molecule has 2 heterocycles. The number of unbranched alkanes of at least 4 members (excludes halogenated alkanes) is 8. The molecule has 0 aromatic carbocycles. The van der Waals surface area contributed by atoms with Gasteiger partial charge in [0.15, 0.2) is 0 Å². The molecule has 0 aromatic heterocycles. The normalized spacial score (nSPS) is 24.2. The Hall–Kier alpha value is -0.120. The zero-order valence-corrected chi connectivity index (χ0v) is 16.8. The highest BCUT2D eigenvalue weighted by molar-refractivity contribution is 4.79. The van der Waals surface area contributed by atoms with Crippen LogP contribution in [0.4, 0.5) is 0 Å². The van der Waals surface area contributed by atoms with Gasteiger partial charge in [-0.05, 0) is 12.8 Å². The van der Waals surface area contributed by atoms with Crippen molar-refractivity contribution in [2.24, 2.45) is 0 Å². The van der Waals surface area contributed by atoms with Gasteiger partial charge in [0.2, 0.25) is 0 Å². The predicted molar refractivity (Wildman–Crippen MR) is 104 cm³/mol. The van der Waals surface area contributed by atoms with Gasteiger partial charge in [-0.3, -0.25) is 0 Å². The maximum absolute atomic E-state index is 6.61. The first-order valence-corrected chi connectivity index (χ1v) is 11.2. The number of hydrogen-bond donors (Lipinski definition) is 0. The smallest absolute Gasteiger partial charge is 0.0834 e. The molecular weight excluding hydrogens is 312 g/mol. The Kier molecular flexibility index (Phi) is 11.1. The van der Waals surface area contributed by atoms with Crippen LogP contribution >= 0.6 is 0 Å². The van der Waals surface area contributed by atoms with Crippen LogP contribution in [-0.4, -0.2) is 37.6 Å². The summed E-state index contributed by atoms with van der Waals surface area (Å²) in [4.78, 5) is 0. The molecule has 2 fully saturated rings. The Morgan fingerprint density at radius 2 is 1.08 bits per heavy atom. The van der Waals surface area contributed by atoms with E-state index in [4.69, 9.17) is 14.2 Å². The molecule has 2 aliphatic heterocycles. The van der Waals surface area contributed by atoms with Gasteiger partial charge >= 0.3 is 0 Å². The molecule has 25 heavy (non-hydrogen) atoms. The fourth-order valence-corrected chi connectivity index (χ4v) is 3.70. The molecule has 4 unspecified atom stereocenters. The lowest BCUT2D eigenvalue weighted by atomic mass is 10.0. The van der Waals surface area contributed by atoms with Gasteiger partial charge in [0.05, 0.1) is 37.6 Å². The maximum atomic E-state index is 6.61. The molecule has 0 amide bonds. The van der Waals surface area contributed by atoms with E-state index in [1.165, 1.54) is 77.0 Å². The summed E-state index contributed by atoms with van der Waals surface area (Å²) in [6, 6.07) is 0. The SMILES string of the molecule is CCCCCCCC(CC1CO1)OC(CCCCCCC)CC1CO1. The predicted octanol–water partition coefficient (Wildman–Crippen LogP) is 6.04. The first-order chi connectivity index (χ1) is 12.3. The van der Waals surface area contributed by atoms with E-state index in [0.29, 0.717) is 24.4 Å². The third-order valence-electron chi connectivity index (χ3n) is 5.50. The summed E-state index contributed by atoms with van der Waals surface area (Å²) in [6.07, 6.45) is 19.8. The molecule has 4 atom stereocenters. The molecule has 2 rings (SSSR count). The van der Waals surface area contributed by atoms with Crippen LogP contribution in [0.3, 0.4) is 0 Å². The third kappa shape index (κ3) is 11.2. The van der Waals surface area contributed by atoms with E-state index in [2.05, 4.69) is 13.8 Å². The van der Waals surface area contributed by atoms with E-state index < -0.39 is 0 Å². The van der Waals surface area contributed by atoms with E-state index in [0.717, 1.165) is 26.1 Å². The topological polar surface area (TPSA) is 34.3 Å². The highest BCUT2D eigenvalue weighted by Gasteiger charge is 2.31. The first kappa shape index (κ1) is 21.2. The highest BCUT2D eigenvalue weighted by atomic mass is 16.6. The molecule has 0 N–H and O–H groups in total. The van der Waals surface area contributed by atoms with Gasteiger partial charge in [0.25, 0.3) is 0 Å². The quantitative estimate of drug-likeness (QED) is 0.222. The van der Waals surface area contributed by atoms with Crippen LogP contribution in [0.25, 0.3) is 0 Å². The minimum atomic E-state index is 0.397. The summed E-state index contributed by atoms with van der Waals surface area (Å²) >= 11 is 0. The van der Waals surface area contributed by atoms with Crippen molar-refractivity contribution >= 4 is 0 Å². The summed E-state index contributed by atoms with van der Waals surface area (Å²) in [6.45, 7) is 6.45. The lowest BCUT2D eigenvalue weighted by molar-refractivity contribution is -0.0359. The fourth-order valence-electron chi connectivity index (χ4n) is 3.70. The van der Waals surface area contributed by atoms with Crippen LogP contribution in [0.15, 0.2) is 0 Å².